The fourth-order valence-electron chi connectivity index (χ4n) is 2.12. The first-order chi connectivity index (χ1) is 8.76. The predicted octanol–water partition coefficient (Wildman–Crippen LogP) is 1.36. The minimum absolute atomic E-state index is 0. The van der Waals surface area contributed by atoms with E-state index >= 15 is 0 Å². The highest BCUT2D eigenvalue weighted by Crippen LogP contribution is 2.32. The minimum Gasteiger partial charge on any atom is -0.396 e. The number of ether oxygens (including phenoxy) is 1. The lowest BCUT2D eigenvalue weighted by atomic mass is 9.84. The zero-order valence-electron chi connectivity index (χ0n) is 12.1. The minimum atomic E-state index is 0. The lowest BCUT2D eigenvalue weighted by molar-refractivity contribution is 0.131. The van der Waals surface area contributed by atoms with E-state index in [1.807, 2.05) is 0 Å². The van der Waals surface area contributed by atoms with Crippen LogP contribution in [0.15, 0.2) is 4.99 Å². The molecule has 0 bridgehead atoms. The first-order valence-corrected chi connectivity index (χ1v) is 6.97. The number of hydrogen-bond acceptors (Lipinski definition) is 3. The Bertz CT molecular complexity index is 256. The Morgan fingerprint density at radius 1 is 1.37 bits per heavy atom. The van der Waals surface area contributed by atoms with Gasteiger partial charge in [0.2, 0.25) is 0 Å². The molecule has 0 aliphatic carbocycles. The summed E-state index contributed by atoms with van der Waals surface area (Å²) in [6, 6.07) is 0. The van der Waals surface area contributed by atoms with Gasteiger partial charge >= 0.3 is 0 Å². The van der Waals surface area contributed by atoms with Crippen molar-refractivity contribution in [3.05, 3.63) is 0 Å². The first kappa shape index (κ1) is 18.9. The van der Waals surface area contributed by atoms with Gasteiger partial charge in [0.25, 0.3) is 0 Å². The van der Waals surface area contributed by atoms with E-state index in [1.54, 1.807) is 0 Å². The Morgan fingerprint density at radius 2 is 2.16 bits per heavy atom. The summed E-state index contributed by atoms with van der Waals surface area (Å²) >= 11 is 0. The van der Waals surface area contributed by atoms with Crippen molar-refractivity contribution < 1.29 is 9.84 Å². The molecule has 6 heteroatoms. The van der Waals surface area contributed by atoms with Gasteiger partial charge in [-0.1, -0.05) is 6.92 Å². The zero-order chi connectivity index (χ0) is 13.3. The molecule has 0 aromatic heterocycles. The van der Waals surface area contributed by atoms with Gasteiger partial charge in [0.15, 0.2) is 5.96 Å². The molecule has 5 nitrogen and oxygen atoms in total. The molecule has 0 spiro atoms. The van der Waals surface area contributed by atoms with Crippen LogP contribution in [0.4, 0.5) is 0 Å². The van der Waals surface area contributed by atoms with Crippen LogP contribution in [0.5, 0.6) is 0 Å². The molecule has 0 aromatic rings. The highest BCUT2D eigenvalue weighted by atomic mass is 127. The lowest BCUT2D eigenvalue weighted by Crippen LogP contribution is -2.39. The molecule has 3 N–H and O–H groups in total. The van der Waals surface area contributed by atoms with Gasteiger partial charge in [0.1, 0.15) is 0 Å². The Balaban J connectivity index is 0.00000324. The van der Waals surface area contributed by atoms with Crippen molar-refractivity contribution >= 4 is 29.9 Å². The van der Waals surface area contributed by atoms with E-state index in [1.165, 1.54) is 0 Å². The number of guanidine groups is 1. The summed E-state index contributed by atoms with van der Waals surface area (Å²) in [5, 5.41) is 15.7. The second-order valence-corrected chi connectivity index (χ2v) is 4.90. The number of rotatable bonds is 7. The zero-order valence-corrected chi connectivity index (χ0v) is 14.4. The quantitative estimate of drug-likeness (QED) is 0.352. The molecular weight excluding hydrogens is 357 g/mol. The summed E-state index contributed by atoms with van der Waals surface area (Å²) in [4.78, 5) is 4.63. The second-order valence-electron chi connectivity index (χ2n) is 4.90. The summed E-state index contributed by atoms with van der Waals surface area (Å²) < 4.78 is 5.47. The fourth-order valence-corrected chi connectivity index (χ4v) is 2.12. The molecule has 0 radical (unpaired) electrons. The molecule has 0 saturated carbocycles. The molecule has 1 atom stereocenters. The summed E-state index contributed by atoms with van der Waals surface area (Å²) in [5.74, 6) is 0.864. The Morgan fingerprint density at radius 3 is 2.68 bits per heavy atom. The average Bonchev–Trinajstić information content (AvgIpc) is 2.82. The number of nitrogens with zero attached hydrogens (tertiary/aromatic N) is 1. The van der Waals surface area contributed by atoms with Crippen LogP contribution in [0.2, 0.25) is 0 Å². The van der Waals surface area contributed by atoms with Crippen molar-refractivity contribution in [2.24, 2.45) is 10.4 Å². The summed E-state index contributed by atoms with van der Waals surface area (Å²) in [6.07, 6.45) is 2.84. The Kier molecular flexibility index (Phi) is 10.6. The Hall–Kier alpha value is -0.0800. The van der Waals surface area contributed by atoms with Crippen LogP contribution >= 0.6 is 24.0 Å². The van der Waals surface area contributed by atoms with Crippen molar-refractivity contribution in [2.75, 3.05) is 39.5 Å². The van der Waals surface area contributed by atoms with Crippen LogP contribution in [0.25, 0.3) is 0 Å². The molecule has 1 aliphatic heterocycles. The molecule has 1 rings (SSSR count). The van der Waals surface area contributed by atoms with E-state index < -0.39 is 0 Å². The van der Waals surface area contributed by atoms with E-state index in [0.29, 0.717) is 13.2 Å². The van der Waals surface area contributed by atoms with E-state index in [9.17, 15) is 0 Å². The molecule has 19 heavy (non-hydrogen) atoms. The lowest BCUT2D eigenvalue weighted by Gasteiger charge is -2.24. The van der Waals surface area contributed by atoms with Crippen molar-refractivity contribution in [3.8, 4) is 0 Å². The van der Waals surface area contributed by atoms with Gasteiger partial charge in [-0.25, -0.2) is 0 Å². The molecule has 1 unspecified atom stereocenters. The van der Waals surface area contributed by atoms with Crippen LogP contribution in [0.3, 0.4) is 0 Å². The van der Waals surface area contributed by atoms with Crippen LogP contribution in [-0.4, -0.2) is 50.5 Å². The smallest absolute Gasteiger partial charge is 0.191 e. The maximum absolute atomic E-state index is 9.17. The second kappa shape index (κ2) is 10.7. The summed E-state index contributed by atoms with van der Waals surface area (Å²) in [5.41, 5.74) is 0.0311. The number of hydrogen-bond donors (Lipinski definition) is 3. The van der Waals surface area contributed by atoms with Crippen molar-refractivity contribution in [1.82, 2.24) is 10.6 Å². The predicted molar refractivity (Wildman–Crippen MR) is 89.3 cm³/mol. The van der Waals surface area contributed by atoms with E-state index in [4.69, 9.17) is 9.84 Å². The number of nitrogens with one attached hydrogen (secondary N) is 2. The van der Waals surface area contributed by atoms with Gasteiger partial charge in [-0.3, -0.25) is 4.99 Å². The van der Waals surface area contributed by atoms with Gasteiger partial charge in [0, 0.05) is 31.7 Å². The third-order valence-corrected chi connectivity index (χ3v) is 3.29. The number of aliphatic hydroxyl groups excluding tert-OH is 1. The molecule has 1 saturated heterocycles. The normalized spacial score (nSPS) is 23.0. The van der Waals surface area contributed by atoms with E-state index in [2.05, 4.69) is 29.5 Å². The van der Waals surface area contributed by atoms with Gasteiger partial charge < -0.3 is 20.5 Å². The molecule has 1 aliphatic rings. The van der Waals surface area contributed by atoms with Gasteiger partial charge in [-0.15, -0.1) is 24.0 Å². The Labute approximate surface area is 133 Å². The first-order valence-electron chi connectivity index (χ1n) is 6.97. The standard InChI is InChI=1S/C13H27N3O2.HI/c1-3-7-15-12(14-4-2)16-10-13(5-8-17)6-9-18-11-13;/h17H,3-11H2,1-2H3,(H2,14,15,16);1H. The average molecular weight is 385 g/mol. The highest BCUT2D eigenvalue weighted by Gasteiger charge is 2.34. The summed E-state index contributed by atoms with van der Waals surface area (Å²) in [7, 11) is 0. The van der Waals surface area contributed by atoms with Crippen molar-refractivity contribution in [1.29, 1.82) is 0 Å². The van der Waals surface area contributed by atoms with E-state index in [0.717, 1.165) is 44.9 Å². The van der Waals surface area contributed by atoms with Crippen LogP contribution in [-0.2, 0) is 4.74 Å². The third kappa shape index (κ3) is 6.76. The molecule has 0 aromatic carbocycles. The van der Waals surface area contributed by atoms with Crippen molar-refractivity contribution in [2.45, 2.75) is 33.1 Å². The molecule has 114 valence electrons. The number of aliphatic imine (C=N–C) groups is 1. The van der Waals surface area contributed by atoms with Gasteiger partial charge in [0.05, 0.1) is 13.2 Å². The van der Waals surface area contributed by atoms with Crippen LogP contribution in [0, 0.1) is 5.41 Å². The molecule has 0 amide bonds. The number of halogens is 1. The van der Waals surface area contributed by atoms with Crippen LogP contribution in [0.1, 0.15) is 33.1 Å². The third-order valence-electron chi connectivity index (χ3n) is 3.29. The highest BCUT2D eigenvalue weighted by molar-refractivity contribution is 14.0. The van der Waals surface area contributed by atoms with Gasteiger partial charge in [-0.05, 0) is 26.2 Å². The largest absolute Gasteiger partial charge is 0.396 e. The molecule has 1 fully saturated rings. The van der Waals surface area contributed by atoms with Crippen LogP contribution < -0.4 is 10.6 Å². The monoisotopic (exact) mass is 385 g/mol. The maximum atomic E-state index is 9.17. The topological polar surface area (TPSA) is 65.9 Å². The molecular formula is C13H28IN3O2. The van der Waals surface area contributed by atoms with Gasteiger partial charge in [-0.2, -0.15) is 0 Å². The van der Waals surface area contributed by atoms with E-state index in [-0.39, 0.29) is 36.0 Å². The summed E-state index contributed by atoms with van der Waals surface area (Å²) in [6.45, 7) is 8.40. The molecule has 1 heterocycles. The number of aliphatic hydroxyl groups is 1. The van der Waals surface area contributed by atoms with Crippen molar-refractivity contribution in [3.63, 3.8) is 0 Å². The SMILES string of the molecule is CCCNC(=NCC1(CCO)CCOC1)NCC.I. The maximum Gasteiger partial charge on any atom is 0.191 e. The fraction of sp³-hybridized carbons (Fsp3) is 0.923.